The van der Waals surface area contributed by atoms with Crippen LogP contribution in [0.4, 0.5) is 0 Å². The number of rotatable bonds is 26. The predicted molar refractivity (Wildman–Crippen MR) is 144 cm³/mol. The normalized spacial score (nSPS) is 11.2. The summed E-state index contributed by atoms with van der Waals surface area (Å²) in [6, 6.07) is 0. The Morgan fingerprint density at radius 1 is 0.471 bits per heavy atom. The topological polar surface area (TPSA) is 52.6 Å². The molecule has 4 heteroatoms. The lowest BCUT2D eigenvalue weighted by Gasteiger charge is -2.05. The zero-order chi connectivity index (χ0) is 25.0. The predicted octanol–water partition coefficient (Wildman–Crippen LogP) is 9.25. The SMILES string of the molecule is CCCCCCCOC(=O)CCC/C=C/CCCCCCCCCC(=O)OCCCCCCC. The third-order valence-electron chi connectivity index (χ3n) is 6.19. The van der Waals surface area contributed by atoms with E-state index in [0.717, 1.165) is 44.9 Å². The van der Waals surface area contributed by atoms with Gasteiger partial charge in [0.25, 0.3) is 0 Å². The van der Waals surface area contributed by atoms with Gasteiger partial charge in [0.1, 0.15) is 0 Å². The molecule has 200 valence electrons. The van der Waals surface area contributed by atoms with Crippen molar-refractivity contribution in [3.05, 3.63) is 12.2 Å². The average Bonchev–Trinajstić information content (AvgIpc) is 2.83. The lowest BCUT2D eigenvalue weighted by atomic mass is 10.1. The van der Waals surface area contributed by atoms with Crippen molar-refractivity contribution < 1.29 is 19.1 Å². The molecule has 0 spiro atoms. The molecule has 0 radical (unpaired) electrons. The van der Waals surface area contributed by atoms with Crippen molar-refractivity contribution in [3.63, 3.8) is 0 Å². The molecule has 4 nitrogen and oxygen atoms in total. The molecule has 0 atom stereocenters. The third-order valence-corrected chi connectivity index (χ3v) is 6.19. The third kappa shape index (κ3) is 26.9. The minimum Gasteiger partial charge on any atom is -0.466 e. The average molecular weight is 481 g/mol. The van der Waals surface area contributed by atoms with Gasteiger partial charge in [-0.2, -0.15) is 0 Å². The number of allylic oxidation sites excluding steroid dienone is 2. The van der Waals surface area contributed by atoms with Crippen molar-refractivity contribution in [2.45, 2.75) is 155 Å². The molecule has 0 rings (SSSR count). The molecule has 0 N–H and O–H groups in total. The van der Waals surface area contributed by atoms with Gasteiger partial charge in [-0.3, -0.25) is 9.59 Å². The highest BCUT2D eigenvalue weighted by molar-refractivity contribution is 5.69. The molecule has 0 aromatic heterocycles. The van der Waals surface area contributed by atoms with Crippen molar-refractivity contribution in [2.24, 2.45) is 0 Å². The summed E-state index contributed by atoms with van der Waals surface area (Å²) in [5.74, 6) is -0.0597. The number of esters is 2. The van der Waals surface area contributed by atoms with Crippen molar-refractivity contribution in [2.75, 3.05) is 13.2 Å². The molecule has 0 heterocycles. The van der Waals surface area contributed by atoms with E-state index in [9.17, 15) is 9.59 Å². The van der Waals surface area contributed by atoms with Gasteiger partial charge in [0, 0.05) is 12.8 Å². The Bertz CT molecular complexity index is 472. The van der Waals surface area contributed by atoms with Crippen molar-refractivity contribution >= 4 is 11.9 Å². The maximum Gasteiger partial charge on any atom is 0.305 e. The first kappa shape index (κ1) is 32.7. The van der Waals surface area contributed by atoms with E-state index in [1.807, 2.05) is 0 Å². The number of hydrogen-bond acceptors (Lipinski definition) is 4. The van der Waals surface area contributed by atoms with E-state index in [1.54, 1.807) is 0 Å². The van der Waals surface area contributed by atoms with Crippen LogP contribution >= 0.6 is 0 Å². The van der Waals surface area contributed by atoms with Gasteiger partial charge in [-0.05, 0) is 44.9 Å². The van der Waals surface area contributed by atoms with Crippen LogP contribution in [0, 0.1) is 0 Å². The van der Waals surface area contributed by atoms with Crippen LogP contribution in [0.15, 0.2) is 12.2 Å². The largest absolute Gasteiger partial charge is 0.466 e. The Morgan fingerprint density at radius 3 is 1.38 bits per heavy atom. The lowest BCUT2D eigenvalue weighted by Crippen LogP contribution is -2.05. The van der Waals surface area contributed by atoms with Crippen molar-refractivity contribution in [1.29, 1.82) is 0 Å². The fourth-order valence-electron chi connectivity index (χ4n) is 3.94. The molecule has 0 aliphatic heterocycles. The fourth-order valence-corrected chi connectivity index (χ4v) is 3.94. The highest BCUT2D eigenvalue weighted by atomic mass is 16.5. The van der Waals surface area contributed by atoms with Crippen molar-refractivity contribution in [3.8, 4) is 0 Å². The minimum atomic E-state index is -0.0430. The smallest absolute Gasteiger partial charge is 0.305 e. The summed E-state index contributed by atoms with van der Waals surface area (Å²) >= 11 is 0. The second-order valence-electron chi connectivity index (χ2n) is 9.65. The summed E-state index contributed by atoms with van der Waals surface area (Å²) in [6.07, 6.45) is 28.8. The van der Waals surface area contributed by atoms with Gasteiger partial charge in [-0.1, -0.05) is 109 Å². The number of unbranched alkanes of at least 4 members (excludes halogenated alkanes) is 16. The zero-order valence-electron chi connectivity index (χ0n) is 22.8. The molecule has 0 bridgehead atoms. The first-order valence-electron chi connectivity index (χ1n) is 14.7. The Balaban J connectivity index is 3.27. The summed E-state index contributed by atoms with van der Waals surface area (Å²) in [5, 5.41) is 0. The van der Waals surface area contributed by atoms with E-state index in [2.05, 4.69) is 26.0 Å². The fraction of sp³-hybridized carbons (Fsp3) is 0.867. The maximum absolute atomic E-state index is 11.7. The second-order valence-corrected chi connectivity index (χ2v) is 9.65. The van der Waals surface area contributed by atoms with Crippen LogP contribution in [-0.4, -0.2) is 25.2 Å². The first-order valence-corrected chi connectivity index (χ1v) is 14.7. The van der Waals surface area contributed by atoms with Crippen LogP contribution in [0.2, 0.25) is 0 Å². The van der Waals surface area contributed by atoms with E-state index in [-0.39, 0.29) is 11.9 Å². The number of hydrogen-bond donors (Lipinski definition) is 0. The minimum absolute atomic E-state index is 0.0167. The van der Waals surface area contributed by atoms with Crippen molar-refractivity contribution in [1.82, 2.24) is 0 Å². The van der Waals surface area contributed by atoms with Gasteiger partial charge in [0.15, 0.2) is 0 Å². The zero-order valence-corrected chi connectivity index (χ0v) is 22.8. The van der Waals surface area contributed by atoms with Crippen LogP contribution < -0.4 is 0 Å². The molecule has 0 aromatic carbocycles. The Hall–Kier alpha value is -1.32. The molecule has 0 saturated heterocycles. The van der Waals surface area contributed by atoms with Crippen LogP contribution in [-0.2, 0) is 19.1 Å². The molecule has 0 aliphatic carbocycles. The van der Waals surface area contributed by atoms with Crippen LogP contribution in [0.25, 0.3) is 0 Å². The van der Waals surface area contributed by atoms with E-state index < -0.39 is 0 Å². The first-order chi connectivity index (χ1) is 16.7. The number of carbonyl (C=O) groups excluding carboxylic acids is 2. The molecule has 0 aromatic rings. The summed E-state index contributed by atoms with van der Waals surface area (Å²) < 4.78 is 10.6. The molecular formula is C30H56O4. The van der Waals surface area contributed by atoms with E-state index >= 15 is 0 Å². The molecule has 0 fully saturated rings. The molecule has 0 saturated carbocycles. The van der Waals surface area contributed by atoms with Gasteiger partial charge >= 0.3 is 11.9 Å². The quantitative estimate of drug-likeness (QED) is 0.0703. The highest BCUT2D eigenvalue weighted by Crippen LogP contribution is 2.11. The second kappa shape index (κ2) is 27.9. The standard InChI is InChI=1S/C30H56O4/c1-3-5-7-19-23-27-33-29(31)25-21-17-15-13-11-9-10-12-14-16-18-22-26-30(32)34-28-24-20-8-6-4-2/h13,15H,3-12,14,16-28H2,1-2H3/b15-13+. The van der Waals surface area contributed by atoms with Crippen LogP contribution in [0.1, 0.15) is 155 Å². The van der Waals surface area contributed by atoms with Crippen LogP contribution in [0.3, 0.4) is 0 Å². The van der Waals surface area contributed by atoms with Gasteiger partial charge in [0.05, 0.1) is 13.2 Å². The lowest BCUT2D eigenvalue weighted by molar-refractivity contribution is -0.144. The Kier molecular flexibility index (Phi) is 26.8. The summed E-state index contributed by atoms with van der Waals surface area (Å²) in [4.78, 5) is 23.4. The van der Waals surface area contributed by atoms with E-state index in [4.69, 9.17) is 9.47 Å². The Labute approximate surface area is 211 Å². The van der Waals surface area contributed by atoms with Gasteiger partial charge in [-0.25, -0.2) is 0 Å². The summed E-state index contributed by atoms with van der Waals surface area (Å²) in [7, 11) is 0. The molecule has 0 amide bonds. The highest BCUT2D eigenvalue weighted by Gasteiger charge is 2.03. The monoisotopic (exact) mass is 480 g/mol. The number of carbonyl (C=O) groups is 2. The maximum atomic E-state index is 11.7. The molecular weight excluding hydrogens is 424 g/mol. The van der Waals surface area contributed by atoms with Crippen LogP contribution in [0.5, 0.6) is 0 Å². The number of ether oxygens (including phenoxy) is 2. The van der Waals surface area contributed by atoms with E-state index in [0.29, 0.717) is 26.1 Å². The van der Waals surface area contributed by atoms with Gasteiger partial charge < -0.3 is 9.47 Å². The summed E-state index contributed by atoms with van der Waals surface area (Å²) in [6.45, 7) is 5.60. The Morgan fingerprint density at radius 2 is 0.853 bits per heavy atom. The molecule has 0 aliphatic rings. The van der Waals surface area contributed by atoms with Gasteiger partial charge in [0.2, 0.25) is 0 Å². The summed E-state index contributed by atoms with van der Waals surface area (Å²) in [5.41, 5.74) is 0. The van der Waals surface area contributed by atoms with Gasteiger partial charge in [-0.15, -0.1) is 0 Å². The molecule has 34 heavy (non-hydrogen) atoms. The molecule has 0 unspecified atom stereocenters. The van der Waals surface area contributed by atoms with E-state index in [1.165, 1.54) is 83.5 Å².